The van der Waals surface area contributed by atoms with Crippen molar-refractivity contribution >= 4 is 10.9 Å². The Morgan fingerprint density at radius 3 is 2.75 bits per heavy atom. The van der Waals surface area contributed by atoms with Crippen molar-refractivity contribution in [1.82, 2.24) is 9.88 Å². The normalized spacial score (nSPS) is 13.6. The van der Waals surface area contributed by atoms with Crippen molar-refractivity contribution in [2.45, 2.75) is 26.3 Å². The highest BCUT2D eigenvalue weighted by Crippen LogP contribution is 2.21. The first-order valence-corrected chi connectivity index (χ1v) is 5.81. The number of aromatic amines is 1. The summed E-state index contributed by atoms with van der Waals surface area (Å²) in [6.07, 6.45) is 3.24. The minimum Gasteiger partial charge on any atom is -0.361 e. The second-order valence-electron chi connectivity index (χ2n) is 4.88. The minimum atomic E-state index is 0.569. The zero-order valence-corrected chi connectivity index (χ0v) is 10.5. The lowest BCUT2D eigenvalue weighted by atomic mass is 10.0. The summed E-state index contributed by atoms with van der Waals surface area (Å²) in [5, 5.41) is 1.37. The van der Waals surface area contributed by atoms with E-state index in [0.717, 1.165) is 6.42 Å². The van der Waals surface area contributed by atoms with Crippen molar-refractivity contribution in [3.05, 3.63) is 35.5 Å². The van der Waals surface area contributed by atoms with Crippen LogP contribution in [-0.4, -0.2) is 30.0 Å². The van der Waals surface area contributed by atoms with E-state index in [4.69, 9.17) is 0 Å². The van der Waals surface area contributed by atoms with Crippen molar-refractivity contribution in [1.29, 1.82) is 0 Å². The fraction of sp³-hybridized carbons (Fsp3) is 0.429. The Labute approximate surface area is 97.3 Å². The predicted octanol–water partition coefficient (Wildman–Crippen LogP) is 2.97. The predicted molar refractivity (Wildman–Crippen MR) is 69.9 cm³/mol. The van der Waals surface area contributed by atoms with Gasteiger partial charge in [0.1, 0.15) is 0 Å². The van der Waals surface area contributed by atoms with E-state index in [-0.39, 0.29) is 0 Å². The van der Waals surface area contributed by atoms with Crippen LogP contribution >= 0.6 is 0 Å². The molecule has 16 heavy (non-hydrogen) atoms. The number of fused-ring (bicyclic) bond motifs is 1. The van der Waals surface area contributed by atoms with Gasteiger partial charge in [-0.25, -0.2) is 0 Å². The molecule has 0 saturated carbocycles. The summed E-state index contributed by atoms with van der Waals surface area (Å²) in [5.74, 6) is 0. The molecule has 0 spiro atoms. The molecule has 0 aliphatic rings. The van der Waals surface area contributed by atoms with Gasteiger partial charge >= 0.3 is 0 Å². The van der Waals surface area contributed by atoms with E-state index in [9.17, 15) is 0 Å². The van der Waals surface area contributed by atoms with E-state index >= 15 is 0 Å². The number of hydrogen-bond donors (Lipinski definition) is 1. The van der Waals surface area contributed by atoms with Crippen LogP contribution < -0.4 is 0 Å². The Kier molecular flexibility index (Phi) is 3.01. The van der Waals surface area contributed by atoms with Crippen LogP contribution in [0.15, 0.2) is 24.4 Å². The smallest absolute Gasteiger partial charge is 0.0456 e. The zero-order valence-electron chi connectivity index (χ0n) is 10.5. The molecule has 1 atom stereocenters. The van der Waals surface area contributed by atoms with E-state index < -0.39 is 0 Å². The van der Waals surface area contributed by atoms with E-state index in [1.165, 1.54) is 22.0 Å². The summed E-state index contributed by atoms with van der Waals surface area (Å²) in [6, 6.07) is 7.15. The largest absolute Gasteiger partial charge is 0.361 e. The molecule has 0 aliphatic heterocycles. The summed E-state index contributed by atoms with van der Waals surface area (Å²) < 4.78 is 0. The van der Waals surface area contributed by atoms with E-state index in [1.807, 2.05) is 0 Å². The maximum Gasteiger partial charge on any atom is 0.0456 e. The van der Waals surface area contributed by atoms with E-state index in [2.05, 4.69) is 62.2 Å². The Bertz CT molecular complexity index is 482. The lowest BCUT2D eigenvalue weighted by Gasteiger charge is -2.19. The van der Waals surface area contributed by atoms with Gasteiger partial charge in [-0.1, -0.05) is 11.6 Å². The van der Waals surface area contributed by atoms with Gasteiger partial charge in [-0.3, -0.25) is 0 Å². The number of H-pyrrole nitrogens is 1. The first kappa shape index (κ1) is 11.2. The van der Waals surface area contributed by atoms with Crippen LogP contribution in [0, 0.1) is 6.92 Å². The molecule has 1 heterocycles. The van der Waals surface area contributed by atoms with Crippen molar-refractivity contribution in [3.63, 3.8) is 0 Å². The topological polar surface area (TPSA) is 19.0 Å². The van der Waals surface area contributed by atoms with Gasteiger partial charge < -0.3 is 9.88 Å². The van der Waals surface area contributed by atoms with Gasteiger partial charge in [0, 0.05) is 23.1 Å². The van der Waals surface area contributed by atoms with Crippen LogP contribution in [0.25, 0.3) is 10.9 Å². The van der Waals surface area contributed by atoms with Gasteiger partial charge in [0.05, 0.1) is 0 Å². The van der Waals surface area contributed by atoms with Crippen LogP contribution in [0.5, 0.6) is 0 Å². The first-order valence-electron chi connectivity index (χ1n) is 5.81. The van der Waals surface area contributed by atoms with Gasteiger partial charge in [0.25, 0.3) is 0 Å². The van der Waals surface area contributed by atoms with Crippen LogP contribution in [0.1, 0.15) is 18.1 Å². The fourth-order valence-corrected chi connectivity index (χ4v) is 1.96. The molecule has 2 heteroatoms. The third kappa shape index (κ3) is 2.12. The Balaban J connectivity index is 2.34. The Morgan fingerprint density at radius 2 is 2.06 bits per heavy atom. The number of hydrogen-bond acceptors (Lipinski definition) is 1. The van der Waals surface area contributed by atoms with Gasteiger partial charge in [-0.15, -0.1) is 0 Å². The molecule has 0 unspecified atom stereocenters. The second kappa shape index (κ2) is 4.30. The van der Waals surface area contributed by atoms with Crippen molar-refractivity contribution < 1.29 is 0 Å². The van der Waals surface area contributed by atoms with Gasteiger partial charge in [0.15, 0.2) is 0 Å². The average Bonchev–Trinajstić information content (AvgIpc) is 2.61. The third-order valence-electron chi connectivity index (χ3n) is 3.32. The minimum absolute atomic E-state index is 0.569. The summed E-state index contributed by atoms with van der Waals surface area (Å²) in [4.78, 5) is 5.60. The lowest BCUT2D eigenvalue weighted by molar-refractivity contribution is 0.313. The van der Waals surface area contributed by atoms with Crippen LogP contribution in [-0.2, 0) is 6.42 Å². The highest BCUT2D eigenvalue weighted by molar-refractivity contribution is 5.83. The van der Waals surface area contributed by atoms with Gasteiger partial charge in [-0.2, -0.15) is 0 Å². The summed E-state index contributed by atoms with van der Waals surface area (Å²) >= 11 is 0. The van der Waals surface area contributed by atoms with Crippen molar-refractivity contribution in [2.24, 2.45) is 0 Å². The fourth-order valence-electron chi connectivity index (χ4n) is 1.96. The summed E-state index contributed by atoms with van der Waals surface area (Å²) in [7, 11) is 4.26. The van der Waals surface area contributed by atoms with Crippen molar-refractivity contribution in [2.75, 3.05) is 14.1 Å². The molecule has 0 radical (unpaired) electrons. The molecule has 2 aromatic rings. The van der Waals surface area contributed by atoms with Gasteiger partial charge in [0.2, 0.25) is 0 Å². The summed E-state index contributed by atoms with van der Waals surface area (Å²) in [6.45, 7) is 4.40. The highest BCUT2D eigenvalue weighted by Gasteiger charge is 2.09. The number of rotatable bonds is 3. The molecule has 0 amide bonds. The zero-order chi connectivity index (χ0) is 11.7. The standard InChI is InChI=1S/C14H20N2/c1-10-5-6-14-13(7-10)12(9-15-14)8-11(2)16(3)4/h5-7,9,11,15H,8H2,1-4H3/t11-/m1/s1. The number of benzene rings is 1. The number of nitrogens with zero attached hydrogens (tertiary/aromatic N) is 1. The number of likely N-dealkylation sites (N-methyl/N-ethyl adjacent to an activating group) is 1. The molecule has 1 aromatic carbocycles. The first-order chi connectivity index (χ1) is 7.58. The second-order valence-corrected chi connectivity index (χ2v) is 4.88. The molecule has 0 fully saturated rings. The van der Waals surface area contributed by atoms with Crippen LogP contribution in [0.4, 0.5) is 0 Å². The number of nitrogens with one attached hydrogen (secondary N) is 1. The maximum atomic E-state index is 3.34. The third-order valence-corrected chi connectivity index (χ3v) is 3.32. The quantitative estimate of drug-likeness (QED) is 0.835. The van der Waals surface area contributed by atoms with Crippen LogP contribution in [0.3, 0.4) is 0 Å². The molecule has 0 aliphatic carbocycles. The SMILES string of the molecule is Cc1ccc2[nH]cc(C[C@@H](C)N(C)C)c2c1. The van der Waals surface area contributed by atoms with Gasteiger partial charge in [-0.05, 0) is 52.1 Å². The maximum absolute atomic E-state index is 3.34. The molecule has 1 N–H and O–H groups in total. The van der Waals surface area contributed by atoms with Crippen LogP contribution in [0.2, 0.25) is 0 Å². The molecule has 86 valence electrons. The lowest BCUT2D eigenvalue weighted by Crippen LogP contribution is -2.26. The van der Waals surface area contributed by atoms with Crippen molar-refractivity contribution in [3.8, 4) is 0 Å². The summed E-state index contributed by atoms with van der Waals surface area (Å²) in [5.41, 5.74) is 3.98. The molecule has 0 bridgehead atoms. The highest BCUT2D eigenvalue weighted by atomic mass is 15.1. The average molecular weight is 216 g/mol. The number of aryl methyl sites for hydroxylation is 1. The van der Waals surface area contributed by atoms with E-state index in [1.54, 1.807) is 0 Å². The molecular formula is C14H20N2. The molecular weight excluding hydrogens is 196 g/mol. The number of aromatic nitrogens is 1. The molecule has 2 nitrogen and oxygen atoms in total. The monoisotopic (exact) mass is 216 g/mol. The molecule has 0 saturated heterocycles. The Morgan fingerprint density at radius 1 is 1.31 bits per heavy atom. The van der Waals surface area contributed by atoms with E-state index in [0.29, 0.717) is 6.04 Å². The molecule has 2 rings (SSSR count). The Hall–Kier alpha value is -1.28. The molecule has 1 aromatic heterocycles.